The molecular formula is C26H33N5O7S. The number of methoxy groups -OCH3 is 1. The molecule has 0 aliphatic rings. The van der Waals surface area contributed by atoms with Gasteiger partial charge in [0.25, 0.3) is 11.6 Å². The minimum atomic E-state index is -4.21. The van der Waals surface area contributed by atoms with Crippen LogP contribution >= 0.6 is 0 Å². The molecule has 1 atom stereocenters. The number of nitro groups is 1. The summed E-state index contributed by atoms with van der Waals surface area (Å²) in [5, 5.41) is 16.0. The first-order chi connectivity index (χ1) is 18.4. The molecule has 12 nitrogen and oxygen atoms in total. The second kappa shape index (κ2) is 12.3. The van der Waals surface area contributed by atoms with E-state index in [4.69, 9.17) is 9.47 Å². The first-order valence-electron chi connectivity index (χ1n) is 12.4. The first-order valence-corrected chi connectivity index (χ1v) is 13.9. The molecule has 3 aromatic rings. The van der Waals surface area contributed by atoms with Gasteiger partial charge in [0.1, 0.15) is 16.4 Å². The number of hydrogen-bond donors (Lipinski definition) is 1. The van der Waals surface area contributed by atoms with Crippen molar-refractivity contribution >= 4 is 21.6 Å². The van der Waals surface area contributed by atoms with Crippen molar-refractivity contribution in [3.05, 3.63) is 63.8 Å². The number of nitro benzene ring substituents is 1. The third-order valence-corrected chi connectivity index (χ3v) is 7.71. The molecule has 0 radical (unpaired) electrons. The van der Waals surface area contributed by atoms with Gasteiger partial charge in [0.05, 0.1) is 17.7 Å². The standard InChI is InChI=1S/C26H33N5O7S/c1-7-15-29(5)25(32)24-18(4)26(30(27-24)19-9-12-21(37-6)13-10-19)38-22-14-11-20(31(33)34)16-23(22)39(35,36)28-17(3)8-2/h9-14,16-17,28H,7-8,15H2,1-6H3/t17-/m0/s1. The van der Waals surface area contributed by atoms with Crippen molar-refractivity contribution < 1.29 is 27.6 Å². The number of aromatic nitrogens is 2. The lowest BCUT2D eigenvalue weighted by Crippen LogP contribution is -2.32. The highest BCUT2D eigenvalue weighted by atomic mass is 32.2. The van der Waals surface area contributed by atoms with Crippen LogP contribution in [0.5, 0.6) is 17.4 Å². The Morgan fingerprint density at radius 1 is 1.21 bits per heavy atom. The molecule has 1 heterocycles. The molecular weight excluding hydrogens is 526 g/mol. The fourth-order valence-corrected chi connectivity index (χ4v) is 5.21. The Hall–Kier alpha value is -3.97. The van der Waals surface area contributed by atoms with Gasteiger partial charge in [-0.25, -0.2) is 13.1 Å². The average Bonchev–Trinajstić information content (AvgIpc) is 3.23. The maximum Gasteiger partial charge on any atom is 0.274 e. The summed E-state index contributed by atoms with van der Waals surface area (Å²) in [5.41, 5.74) is 0.607. The second-order valence-corrected chi connectivity index (χ2v) is 10.7. The maximum absolute atomic E-state index is 13.3. The fraction of sp³-hybridized carbons (Fsp3) is 0.385. The number of nitrogens with zero attached hydrogens (tertiary/aromatic N) is 4. The Morgan fingerprint density at radius 3 is 2.44 bits per heavy atom. The van der Waals surface area contributed by atoms with E-state index in [1.165, 1.54) is 22.8 Å². The number of ether oxygens (including phenoxy) is 2. The SMILES string of the molecule is CCCN(C)C(=O)c1nn(-c2ccc(OC)cc2)c(Oc2ccc([N+](=O)[O-])cc2S(=O)(=O)N[C@@H](C)CC)c1C. The van der Waals surface area contributed by atoms with Gasteiger partial charge in [0, 0.05) is 37.3 Å². The smallest absolute Gasteiger partial charge is 0.274 e. The molecule has 13 heteroatoms. The Labute approximate surface area is 227 Å². The normalized spacial score (nSPS) is 12.2. The second-order valence-electron chi connectivity index (χ2n) is 9.04. The van der Waals surface area contributed by atoms with Gasteiger partial charge in [-0.1, -0.05) is 13.8 Å². The Kier molecular flexibility index (Phi) is 9.30. The molecule has 0 bridgehead atoms. The predicted octanol–water partition coefficient (Wildman–Crippen LogP) is 4.45. The van der Waals surface area contributed by atoms with Crippen molar-refractivity contribution in [1.29, 1.82) is 0 Å². The summed E-state index contributed by atoms with van der Waals surface area (Å²) < 4.78 is 41.8. The van der Waals surface area contributed by atoms with Crippen molar-refractivity contribution in [1.82, 2.24) is 19.4 Å². The molecule has 1 N–H and O–H groups in total. The van der Waals surface area contributed by atoms with Crippen LogP contribution in [-0.2, 0) is 10.0 Å². The van der Waals surface area contributed by atoms with Crippen LogP contribution in [0.2, 0.25) is 0 Å². The van der Waals surface area contributed by atoms with Gasteiger partial charge in [0.2, 0.25) is 15.9 Å². The third kappa shape index (κ3) is 6.55. The van der Waals surface area contributed by atoms with Crippen LogP contribution in [-0.4, -0.2) is 60.7 Å². The summed E-state index contributed by atoms with van der Waals surface area (Å²) in [5.74, 6) is 0.197. The van der Waals surface area contributed by atoms with Crippen LogP contribution in [0.15, 0.2) is 47.4 Å². The summed E-state index contributed by atoms with van der Waals surface area (Å²) in [6.45, 7) is 7.60. The van der Waals surface area contributed by atoms with E-state index in [9.17, 15) is 23.3 Å². The highest BCUT2D eigenvalue weighted by molar-refractivity contribution is 7.89. The summed E-state index contributed by atoms with van der Waals surface area (Å²) in [6.07, 6.45) is 1.25. The molecule has 39 heavy (non-hydrogen) atoms. The van der Waals surface area contributed by atoms with Crippen molar-refractivity contribution in [2.45, 2.75) is 51.5 Å². The topological polar surface area (TPSA) is 146 Å². The minimum Gasteiger partial charge on any atom is -0.497 e. The molecule has 0 saturated heterocycles. The number of benzene rings is 2. The zero-order chi connectivity index (χ0) is 28.9. The summed E-state index contributed by atoms with van der Waals surface area (Å²) >= 11 is 0. The maximum atomic E-state index is 13.3. The van der Waals surface area contributed by atoms with Gasteiger partial charge in [-0.3, -0.25) is 14.9 Å². The minimum absolute atomic E-state index is 0.0854. The highest BCUT2D eigenvalue weighted by Gasteiger charge is 2.29. The number of nitrogens with one attached hydrogen (secondary N) is 1. The molecule has 0 unspecified atom stereocenters. The van der Waals surface area contributed by atoms with Gasteiger partial charge in [-0.15, -0.1) is 0 Å². The summed E-state index contributed by atoms with van der Waals surface area (Å²) in [6, 6.07) is 9.73. The largest absolute Gasteiger partial charge is 0.497 e. The van der Waals surface area contributed by atoms with Gasteiger partial charge < -0.3 is 14.4 Å². The molecule has 0 aliphatic carbocycles. The lowest BCUT2D eigenvalue weighted by molar-refractivity contribution is -0.385. The van der Waals surface area contributed by atoms with Crippen LogP contribution in [0, 0.1) is 17.0 Å². The van der Waals surface area contributed by atoms with Gasteiger partial charge in [-0.05, 0) is 57.0 Å². The van der Waals surface area contributed by atoms with Crippen molar-refractivity contribution in [3.8, 4) is 23.1 Å². The summed E-state index contributed by atoms with van der Waals surface area (Å²) in [4.78, 5) is 25.1. The Morgan fingerprint density at radius 2 is 1.87 bits per heavy atom. The van der Waals surface area contributed by atoms with E-state index in [1.807, 2.05) is 13.8 Å². The van der Waals surface area contributed by atoms with Crippen molar-refractivity contribution in [2.75, 3.05) is 20.7 Å². The van der Waals surface area contributed by atoms with E-state index in [2.05, 4.69) is 9.82 Å². The zero-order valence-corrected chi connectivity index (χ0v) is 23.6. The van der Waals surface area contributed by atoms with E-state index >= 15 is 0 Å². The van der Waals surface area contributed by atoms with Crippen LogP contribution in [0.4, 0.5) is 5.69 Å². The van der Waals surface area contributed by atoms with Gasteiger partial charge in [0.15, 0.2) is 5.69 Å². The predicted molar refractivity (Wildman–Crippen MR) is 145 cm³/mol. The molecule has 1 amide bonds. The molecule has 0 aliphatic heterocycles. The Balaban J connectivity index is 2.21. The number of sulfonamides is 1. The van der Waals surface area contributed by atoms with Crippen molar-refractivity contribution in [2.24, 2.45) is 0 Å². The molecule has 0 saturated carbocycles. The fourth-order valence-electron chi connectivity index (χ4n) is 3.74. The molecule has 210 valence electrons. The van der Waals surface area contributed by atoms with Crippen LogP contribution in [0.3, 0.4) is 0 Å². The van der Waals surface area contributed by atoms with Gasteiger partial charge >= 0.3 is 0 Å². The molecule has 1 aromatic heterocycles. The molecule has 0 fully saturated rings. The van der Waals surface area contributed by atoms with Crippen LogP contribution < -0.4 is 14.2 Å². The average molecular weight is 560 g/mol. The van der Waals surface area contributed by atoms with E-state index < -0.39 is 31.6 Å². The number of carbonyl (C=O) groups is 1. The lowest BCUT2D eigenvalue weighted by atomic mass is 10.2. The van der Waals surface area contributed by atoms with Crippen LogP contribution in [0.1, 0.15) is 49.7 Å². The lowest BCUT2D eigenvalue weighted by Gasteiger charge is -2.16. The molecule has 2 aromatic carbocycles. The number of amides is 1. The zero-order valence-electron chi connectivity index (χ0n) is 22.8. The molecule has 3 rings (SSSR count). The first kappa shape index (κ1) is 29.6. The third-order valence-electron chi connectivity index (χ3n) is 6.10. The number of hydrogen-bond acceptors (Lipinski definition) is 8. The van der Waals surface area contributed by atoms with Crippen molar-refractivity contribution in [3.63, 3.8) is 0 Å². The number of rotatable bonds is 12. The van der Waals surface area contributed by atoms with E-state index in [-0.39, 0.29) is 23.2 Å². The van der Waals surface area contributed by atoms with Crippen LogP contribution in [0.25, 0.3) is 5.69 Å². The number of carbonyl (C=O) groups excluding carboxylic acids is 1. The quantitative estimate of drug-likeness (QED) is 0.253. The van der Waals surface area contributed by atoms with Gasteiger partial charge in [-0.2, -0.15) is 9.78 Å². The van der Waals surface area contributed by atoms with E-state index in [0.29, 0.717) is 30.0 Å². The molecule has 0 spiro atoms. The summed E-state index contributed by atoms with van der Waals surface area (Å²) in [7, 11) is -1.01. The van der Waals surface area contributed by atoms with E-state index in [0.717, 1.165) is 18.6 Å². The van der Waals surface area contributed by atoms with E-state index in [1.54, 1.807) is 45.2 Å². The Bertz CT molecular complexity index is 1450. The number of non-ortho nitro benzene ring substituents is 1. The monoisotopic (exact) mass is 559 g/mol. The highest BCUT2D eigenvalue weighted by Crippen LogP contribution is 2.36.